The molecule has 3 rings (SSSR count). The first-order chi connectivity index (χ1) is 13.7. The Morgan fingerprint density at radius 1 is 1.07 bits per heavy atom. The molecule has 28 heavy (non-hydrogen) atoms. The monoisotopic (exact) mass is 376 g/mol. The highest BCUT2D eigenvalue weighted by atomic mass is 16.5. The molecule has 6 nitrogen and oxygen atoms in total. The van der Waals surface area contributed by atoms with Crippen molar-refractivity contribution in [1.82, 2.24) is 15.3 Å². The maximum absolute atomic E-state index is 12.1. The van der Waals surface area contributed by atoms with E-state index < -0.39 is 0 Å². The molecule has 0 atom stereocenters. The number of hydrogen-bond donors (Lipinski definition) is 2. The Balaban J connectivity index is 1.46. The Kier molecular flexibility index (Phi) is 6.95. The summed E-state index contributed by atoms with van der Waals surface area (Å²) in [5.41, 5.74) is 3.44. The highest BCUT2D eigenvalue weighted by Gasteiger charge is 2.04. The van der Waals surface area contributed by atoms with Gasteiger partial charge in [0.15, 0.2) is 0 Å². The molecular weight excluding hydrogens is 352 g/mol. The minimum Gasteiger partial charge on any atom is -0.494 e. The van der Waals surface area contributed by atoms with Gasteiger partial charge < -0.3 is 15.4 Å². The molecule has 0 spiro atoms. The van der Waals surface area contributed by atoms with Crippen LogP contribution >= 0.6 is 0 Å². The maximum Gasteiger partial charge on any atom is 0.319 e. The number of benzene rings is 1. The molecule has 0 aliphatic rings. The lowest BCUT2D eigenvalue weighted by molar-refractivity contribution is 0.251. The van der Waals surface area contributed by atoms with E-state index in [2.05, 4.69) is 27.5 Å². The smallest absolute Gasteiger partial charge is 0.319 e. The number of ether oxygens (including phenoxy) is 1. The average Bonchev–Trinajstić information content (AvgIpc) is 2.75. The molecule has 0 unspecified atom stereocenters. The van der Waals surface area contributed by atoms with Crippen LogP contribution in [-0.4, -0.2) is 22.6 Å². The van der Waals surface area contributed by atoms with Crippen LogP contribution < -0.4 is 15.4 Å². The lowest BCUT2D eigenvalue weighted by Gasteiger charge is -2.09. The summed E-state index contributed by atoms with van der Waals surface area (Å²) in [6.07, 6.45) is 7.38. The summed E-state index contributed by atoms with van der Waals surface area (Å²) in [4.78, 5) is 20.6. The van der Waals surface area contributed by atoms with E-state index in [4.69, 9.17) is 4.74 Å². The van der Waals surface area contributed by atoms with Crippen LogP contribution in [0.1, 0.15) is 25.3 Å². The van der Waals surface area contributed by atoms with Crippen LogP contribution in [-0.2, 0) is 6.54 Å². The van der Waals surface area contributed by atoms with Crippen LogP contribution in [0.25, 0.3) is 11.3 Å². The zero-order chi connectivity index (χ0) is 19.6. The molecule has 2 heterocycles. The van der Waals surface area contributed by atoms with Crippen molar-refractivity contribution in [2.24, 2.45) is 0 Å². The first-order valence-corrected chi connectivity index (χ1v) is 9.37. The van der Waals surface area contributed by atoms with Crippen LogP contribution in [0.5, 0.6) is 5.75 Å². The van der Waals surface area contributed by atoms with Gasteiger partial charge in [-0.1, -0.05) is 19.4 Å². The quantitative estimate of drug-likeness (QED) is 0.561. The number of anilines is 1. The Morgan fingerprint density at radius 2 is 1.93 bits per heavy atom. The molecule has 0 radical (unpaired) electrons. The molecule has 0 fully saturated rings. The van der Waals surface area contributed by atoms with Crippen molar-refractivity contribution in [1.29, 1.82) is 0 Å². The number of unbranched alkanes of at least 4 members (excludes halogenated alkanes) is 1. The highest BCUT2D eigenvalue weighted by molar-refractivity contribution is 5.89. The number of carbonyl (C=O) groups excluding carboxylic acids is 1. The van der Waals surface area contributed by atoms with Gasteiger partial charge in [-0.15, -0.1) is 0 Å². The number of nitrogens with one attached hydrogen (secondary N) is 2. The number of nitrogens with zero attached hydrogens (tertiary/aromatic N) is 2. The summed E-state index contributed by atoms with van der Waals surface area (Å²) in [7, 11) is 0. The molecule has 2 aromatic heterocycles. The molecule has 144 valence electrons. The van der Waals surface area contributed by atoms with Crippen molar-refractivity contribution in [3.8, 4) is 17.0 Å². The molecule has 0 aliphatic heterocycles. The second kappa shape index (κ2) is 10.1. The standard InChI is InChI=1S/C22H24N4O2/c1-2-3-13-28-20-9-7-19(8-10-20)26-22(27)25-15-17-6-11-21(24-14-17)18-5-4-12-23-16-18/h4-12,14,16H,2-3,13,15H2,1H3,(H2,25,26,27). The summed E-state index contributed by atoms with van der Waals surface area (Å²) in [6, 6.07) is 14.8. The van der Waals surface area contributed by atoms with Crippen molar-refractivity contribution < 1.29 is 9.53 Å². The zero-order valence-corrected chi connectivity index (χ0v) is 15.9. The minimum atomic E-state index is -0.268. The average molecular weight is 376 g/mol. The van der Waals surface area contributed by atoms with E-state index in [1.54, 1.807) is 18.6 Å². The van der Waals surface area contributed by atoms with Gasteiger partial charge >= 0.3 is 6.03 Å². The Hall–Kier alpha value is -3.41. The molecule has 1 aromatic carbocycles. The molecule has 0 saturated carbocycles. The number of amides is 2. The second-order valence-corrected chi connectivity index (χ2v) is 6.33. The number of rotatable bonds is 8. The summed E-state index contributed by atoms with van der Waals surface area (Å²) in [5, 5.41) is 5.64. The Bertz CT molecular complexity index is 865. The van der Waals surface area contributed by atoms with E-state index in [-0.39, 0.29) is 6.03 Å². The molecule has 0 aliphatic carbocycles. The maximum atomic E-state index is 12.1. The summed E-state index contributed by atoms with van der Waals surface area (Å²) >= 11 is 0. The van der Waals surface area contributed by atoms with E-state index in [0.717, 1.165) is 35.4 Å². The van der Waals surface area contributed by atoms with Crippen molar-refractivity contribution in [3.63, 3.8) is 0 Å². The van der Waals surface area contributed by atoms with Gasteiger partial charge in [0, 0.05) is 36.4 Å². The summed E-state index contributed by atoms with van der Waals surface area (Å²) < 4.78 is 5.61. The van der Waals surface area contributed by atoms with E-state index in [1.807, 2.05) is 48.5 Å². The van der Waals surface area contributed by atoms with Crippen LogP contribution in [0.4, 0.5) is 10.5 Å². The summed E-state index contributed by atoms with van der Waals surface area (Å²) in [6.45, 7) is 3.22. The van der Waals surface area contributed by atoms with Crippen molar-refractivity contribution >= 4 is 11.7 Å². The fraction of sp³-hybridized carbons (Fsp3) is 0.227. The second-order valence-electron chi connectivity index (χ2n) is 6.33. The number of pyridine rings is 2. The molecule has 0 bridgehead atoms. The largest absolute Gasteiger partial charge is 0.494 e. The van der Waals surface area contributed by atoms with Gasteiger partial charge in [0.2, 0.25) is 0 Å². The zero-order valence-electron chi connectivity index (χ0n) is 15.9. The van der Waals surface area contributed by atoms with E-state index in [9.17, 15) is 4.79 Å². The molecule has 6 heteroatoms. The van der Waals surface area contributed by atoms with Gasteiger partial charge in [0.25, 0.3) is 0 Å². The number of aromatic nitrogens is 2. The topological polar surface area (TPSA) is 76.1 Å². The molecule has 0 saturated heterocycles. The molecular formula is C22H24N4O2. The molecule has 3 aromatic rings. The lowest BCUT2D eigenvalue weighted by Crippen LogP contribution is -2.28. The fourth-order valence-corrected chi connectivity index (χ4v) is 2.54. The van der Waals surface area contributed by atoms with Gasteiger partial charge in [-0.25, -0.2) is 4.79 Å². The van der Waals surface area contributed by atoms with Crippen LogP contribution in [0.3, 0.4) is 0 Å². The third-order valence-corrected chi connectivity index (χ3v) is 4.11. The van der Waals surface area contributed by atoms with E-state index >= 15 is 0 Å². The fourth-order valence-electron chi connectivity index (χ4n) is 2.54. The predicted molar refractivity (Wildman–Crippen MR) is 110 cm³/mol. The predicted octanol–water partition coefficient (Wildman–Crippen LogP) is 4.64. The van der Waals surface area contributed by atoms with Crippen LogP contribution in [0.2, 0.25) is 0 Å². The third-order valence-electron chi connectivity index (χ3n) is 4.11. The highest BCUT2D eigenvalue weighted by Crippen LogP contribution is 2.17. The summed E-state index contributed by atoms with van der Waals surface area (Å²) in [5.74, 6) is 0.805. The van der Waals surface area contributed by atoms with Crippen molar-refractivity contribution in [2.45, 2.75) is 26.3 Å². The SMILES string of the molecule is CCCCOc1ccc(NC(=O)NCc2ccc(-c3cccnc3)nc2)cc1. The van der Waals surface area contributed by atoms with Gasteiger partial charge in [-0.2, -0.15) is 0 Å². The van der Waals surface area contributed by atoms with Gasteiger partial charge in [-0.3, -0.25) is 9.97 Å². The van der Waals surface area contributed by atoms with Gasteiger partial charge in [0.1, 0.15) is 5.75 Å². The molecule has 2 amide bonds. The first kappa shape index (κ1) is 19.4. The minimum absolute atomic E-state index is 0.268. The van der Waals surface area contributed by atoms with E-state index in [1.165, 1.54) is 0 Å². The Labute approximate surface area is 165 Å². The number of carbonyl (C=O) groups is 1. The van der Waals surface area contributed by atoms with Gasteiger partial charge in [0.05, 0.1) is 12.3 Å². The first-order valence-electron chi connectivity index (χ1n) is 9.37. The van der Waals surface area contributed by atoms with Crippen LogP contribution in [0, 0.1) is 0 Å². The number of hydrogen-bond acceptors (Lipinski definition) is 4. The number of urea groups is 1. The molecule has 2 N–H and O–H groups in total. The van der Waals surface area contributed by atoms with Crippen molar-refractivity contribution in [2.75, 3.05) is 11.9 Å². The van der Waals surface area contributed by atoms with Crippen molar-refractivity contribution in [3.05, 3.63) is 72.7 Å². The Morgan fingerprint density at radius 3 is 2.61 bits per heavy atom. The normalized spacial score (nSPS) is 10.3. The van der Waals surface area contributed by atoms with Gasteiger partial charge in [-0.05, 0) is 54.4 Å². The lowest BCUT2D eigenvalue weighted by atomic mass is 10.1. The third kappa shape index (κ3) is 5.81. The van der Waals surface area contributed by atoms with Crippen LogP contribution in [0.15, 0.2) is 67.1 Å². The van der Waals surface area contributed by atoms with E-state index in [0.29, 0.717) is 18.8 Å².